The molecule has 0 aliphatic heterocycles. The van der Waals surface area contributed by atoms with Crippen molar-refractivity contribution >= 4 is 17.4 Å². The molecule has 1 saturated carbocycles. The van der Waals surface area contributed by atoms with Crippen molar-refractivity contribution in [3.8, 4) is 0 Å². The fourth-order valence-corrected chi connectivity index (χ4v) is 2.25. The van der Waals surface area contributed by atoms with Crippen molar-refractivity contribution in [2.45, 2.75) is 44.1 Å². The van der Waals surface area contributed by atoms with E-state index in [1.54, 1.807) is 17.0 Å². The maximum absolute atomic E-state index is 11.9. The van der Waals surface area contributed by atoms with Gasteiger partial charge in [-0.2, -0.15) is 0 Å². The molecule has 0 saturated heterocycles. The second kappa shape index (κ2) is 4.87. The lowest BCUT2D eigenvalue weighted by atomic mass is 9.92. The van der Waals surface area contributed by atoms with Crippen LogP contribution in [-0.2, 0) is 6.54 Å². The highest BCUT2D eigenvalue weighted by Gasteiger charge is 2.27. The largest absolute Gasteiger partial charge is 0.363 e. The van der Waals surface area contributed by atoms with Gasteiger partial charge in [-0.05, 0) is 19.3 Å². The van der Waals surface area contributed by atoms with Crippen molar-refractivity contribution in [3.05, 3.63) is 22.7 Å². The molecule has 0 radical (unpaired) electrons. The molecule has 1 heterocycles. The van der Waals surface area contributed by atoms with Gasteiger partial charge in [0.1, 0.15) is 0 Å². The third-order valence-electron chi connectivity index (χ3n) is 2.80. The maximum Gasteiger partial charge on any atom is 0.293 e. The summed E-state index contributed by atoms with van der Waals surface area (Å²) in [6.45, 7) is 2.78. The Bertz CT molecular complexity index is 412. The number of nitrogens with zero attached hydrogens (tertiary/aromatic N) is 2. The van der Waals surface area contributed by atoms with Gasteiger partial charge in [0.05, 0.1) is 0 Å². The highest BCUT2D eigenvalue weighted by molar-refractivity contribution is 6.21. The Labute approximate surface area is 99.6 Å². The van der Waals surface area contributed by atoms with E-state index in [0.717, 1.165) is 25.8 Å². The van der Waals surface area contributed by atoms with E-state index in [2.05, 4.69) is 10.3 Å². The Morgan fingerprint density at radius 3 is 3.00 bits per heavy atom. The molecule has 0 unspecified atom stereocenters. The van der Waals surface area contributed by atoms with Crippen LogP contribution in [0.2, 0.25) is 0 Å². The van der Waals surface area contributed by atoms with Gasteiger partial charge >= 0.3 is 0 Å². The van der Waals surface area contributed by atoms with Gasteiger partial charge in [-0.25, -0.2) is 4.98 Å². The first-order valence-electron chi connectivity index (χ1n) is 5.66. The third-order valence-corrected chi connectivity index (χ3v) is 3.16. The average molecular weight is 242 g/mol. The summed E-state index contributed by atoms with van der Waals surface area (Å²) in [6.07, 6.45) is 6.14. The summed E-state index contributed by atoms with van der Waals surface area (Å²) in [7, 11) is 0. The summed E-state index contributed by atoms with van der Waals surface area (Å²) in [5, 5.41) is 3.40. The van der Waals surface area contributed by atoms with Crippen molar-refractivity contribution in [2.75, 3.05) is 5.32 Å². The van der Waals surface area contributed by atoms with E-state index < -0.39 is 0 Å². The number of rotatable bonds is 4. The monoisotopic (exact) mass is 241 g/mol. The minimum absolute atomic E-state index is 0.0395. The van der Waals surface area contributed by atoms with Crippen LogP contribution in [0.5, 0.6) is 0 Å². The van der Waals surface area contributed by atoms with E-state index in [1.165, 1.54) is 0 Å². The predicted molar refractivity (Wildman–Crippen MR) is 65.1 cm³/mol. The second-order valence-corrected chi connectivity index (χ2v) is 4.80. The van der Waals surface area contributed by atoms with Gasteiger partial charge in [0.25, 0.3) is 5.56 Å². The Morgan fingerprint density at radius 2 is 2.38 bits per heavy atom. The smallest absolute Gasteiger partial charge is 0.293 e. The average Bonchev–Trinajstić information content (AvgIpc) is 2.22. The van der Waals surface area contributed by atoms with Crippen molar-refractivity contribution in [1.82, 2.24) is 9.55 Å². The van der Waals surface area contributed by atoms with E-state index in [1.807, 2.05) is 6.92 Å². The first kappa shape index (κ1) is 11.5. The zero-order chi connectivity index (χ0) is 11.5. The normalized spacial score (nSPS) is 23.9. The van der Waals surface area contributed by atoms with Crippen LogP contribution in [0.15, 0.2) is 17.2 Å². The van der Waals surface area contributed by atoms with Crippen LogP contribution in [0.3, 0.4) is 0 Å². The van der Waals surface area contributed by atoms with Gasteiger partial charge in [0, 0.05) is 30.4 Å². The van der Waals surface area contributed by atoms with E-state index in [-0.39, 0.29) is 10.9 Å². The topological polar surface area (TPSA) is 46.9 Å². The molecule has 0 atom stereocenters. The molecule has 2 rings (SSSR count). The summed E-state index contributed by atoms with van der Waals surface area (Å²) in [6, 6.07) is 0.306. The Kier molecular flexibility index (Phi) is 3.49. The zero-order valence-electron chi connectivity index (χ0n) is 9.32. The van der Waals surface area contributed by atoms with E-state index in [4.69, 9.17) is 11.6 Å². The Balaban J connectivity index is 2.09. The van der Waals surface area contributed by atoms with E-state index in [0.29, 0.717) is 11.9 Å². The quantitative estimate of drug-likeness (QED) is 0.819. The molecular formula is C11H16ClN3O. The fourth-order valence-electron chi connectivity index (χ4n) is 1.82. The molecule has 0 bridgehead atoms. The van der Waals surface area contributed by atoms with Gasteiger partial charge in [-0.3, -0.25) is 4.79 Å². The Morgan fingerprint density at radius 1 is 1.62 bits per heavy atom. The molecule has 0 amide bonds. The van der Waals surface area contributed by atoms with Crippen LogP contribution < -0.4 is 10.9 Å². The molecule has 1 aromatic rings. The van der Waals surface area contributed by atoms with E-state index >= 15 is 0 Å². The predicted octanol–water partition coefficient (Wildman–Crippen LogP) is 1.83. The molecular weight excluding hydrogens is 226 g/mol. The molecule has 0 spiro atoms. The molecule has 1 aliphatic carbocycles. The summed E-state index contributed by atoms with van der Waals surface area (Å²) >= 11 is 5.89. The maximum atomic E-state index is 11.9. The van der Waals surface area contributed by atoms with Gasteiger partial charge in [0.2, 0.25) is 0 Å². The van der Waals surface area contributed by atoms with Crippen LogP contribution in [-0.4, -0.2) is 21.0 Å². The van der Waals surface area contributed by atoms with Crippen LogP contribution in [0.25, 0.3) is 0 Å². The van der Waals surface area contributed by atoms with Crippen molar-refractivity contribution in [1.29, 1.82) is 0 Å². The fraction of sp³-hybridized carbons (Fsp3) is 0.636. The SMILES string of the molecule is CCCn1ccnc(NC2CC(Cl)C2)c1=O. The number of nitrogens with one attached hydrogen (secondary N) is 1. The zero-order valence-corrected chi connectivity index (χ0v) is 10.1. The van der Waals surface area contributed by atoms with Gasteiger partial charge in [0.15, 0.2) is 5.82 Å². The molecule has 0 aromatic carbocycles. The number of hydrogen-bond acceptors (Lipinski definition) is 3. The summed E-state index contributed by atoms with van der Waals surface area (Å²) in [5.41, 5.74) is -0.0395. The number of alkyl halides is 1. The number of aryl methyl sites for hydroxylation is 1. The third kappa shape index (κ3) is 2.38. The highest BCUT2D eigenvalue weighted by atomic mass is 35.5. The first-order valence-corrected chi connectivity index (χ1v) is 6.10. The molecule has 5 heteroatoms. The summed E-state index contributed by atoms with van der Waals surface area (Å²) in [5.74, 6) is 0.449. The van der Waals surface area contributed by atoms with Gasteiger partial charge in [-0.1, -0.05) is 6.92 Å². The molecule has 1 aromatic heterocycles. The minimum Gasteiger partial charge on any atom is -0.363 e. The van der Waals surface area contributed by atoms with Gasteiger partial charge < -0.3 is 9.88 Å². The number of aromatic nitrogens is 2. The molecule has 4 nitrogen and oxygen atoms in total. The van der Waals surface area contributed by atoms with Gasteiger partial charge in [-0.15, -0.1) is 11.6 Å². The number of hydrogen-bond donors (Lipinski definition) is 1. The molecule has 1 fully saturated rings. The van der Waals surface area contributed by atoms with Crippen LogP contribution in [0, 0.1) is 0 Å². The lowest BCUT2D eigenvalue weighted by molar-refractivity contribution is 0.452. The van der Waals surface area contributed by atoms with Crippen LogP contribution in [0.4, 0.5) is 5.82 Å². The van der Waals surface area contributed by atoms with Crippen molar-refractivity contribution < 1.29 is 0 Å². The minimum atomic E-state index is -0.0395. The standard InChI is InChI=1S/C11H16ClN3O/c1-2-4-15-5-3-13-10(11(15)16)14-9-6-8(12)7-9/h3,5,8-9H,2,4,6-7H2,1H3,(H,13,14). The van der Waals surface area contributed by atoms with Crippen molar-refractivity contribution in [2.24, 2.45) is 0 Å². The Hall–Kier alpha value is -1.03. The van der Waals surface area contributed by atoms with Crippen molar-refractivity contribution in [3.63, 3.8) is 0 Å². The lowest BCUT2D eigenvalue weighted by Gasteiger charge is -2.31. The van der Waals surface area contributed by atoms with Crippen LogP contribution >= 0.6 is 11.6 Å². The molecule has 16 heavy (non-hydrogen) atoms. The molecule has 1 aliphatic rings. The molecule has 1 N–H and O–H groups in total. The number of anilines is 1. The summed E-state index contributed by atoms with van der Waals surface area (Å²) in [4.78, 5) is 16.0. The highest BCUT2D eigenvalue weighted by Crippen LogP contribution is 2.27. The second-order valence-electron chi connectivity index (χ2n) is 4.18. The molecule has 88 valence electrons. The lowest BCUT2D eigenvalue weighted by Crippen LogP contribution is -2.38. The van der Waals surface area contributed by atoms with E-state index in [9.17, 15) is 4.79 Å². The number of halogens is 1. The van der Waals surface area contributed by atoms with Crippen LogP contribution in [0.1, 0.15) is 26.2 Å². The first-order chi connectivity index (χ1) is 7.70. The summed E-state index contributed by atoms with van der Waals surface area (Å²) < 4.78 is 1.69.